The predicted octanol–water partition coefficient (Wildman–Crippen LogP) is 3.71. The third kappa shape index (κ3) is 5.21. The fourth-order valence-electron chi connectivity index (χ4n) is 3.40. The second-order valence-corrected chi connectivity index (χ2v) is 10.0. The zero-order valence-electron chi connectivity index (χ0n) is 19.5. The fourth-order valence-corrected chi connectivity index (χ4v) is 3.40. The maximum absolute atomic E-state index is 13.9. The molecular weight excluding hydrogens is 428 g/mol. The first-order valence-electron chi connectivity index (χ1n) is 10.5. The van der Waals surface area contributed by atoms with Gasteiger partial charge in [0.2, 0.25) is 0 Å². The van der Waals surface area contributed by atoms with Crippen LogP contribution in [0.25, 0.3) is 0 Å². The average molecular weight is 458 g/mol. The highest BCUT2D eigenvalue weighted by Gasteiger charge is 2.53. The van der Waals surface area contributed by atoms with Crippen molar-refractivity contribution >= 4 is 18.8 Å². The lowest BCUT2D eigenvalue weighted by atomic mass is 9.83. The van der Waals surface area contributed by atoms with Gasteiger partial charge in [0, 0.05) is 12.1 Å². The molecule has 3 rings (SSSR count). The van der Waals surface area contributed by atoms with Crippen LogP contribution in [0.4, 0.5) is 18.0 Å². The van der Waals surface area contributed by atoms with Gasteiger partial charge < -0.3 is 23.7 Å². The van der Waals surface area contributed by atoms with Crippen molar-refractivity contribution in [3.8, 4) is 0 Å². The van der Waals surface area contributed by atoms with Crippen LogP contribution in [0.2, 0.25) is 0 Å². The van der Waals surface area contributed by atoms with Gasteiger partial charge in [0.05, 0.1) is 29.9 Å². The first-order chi connectivity index (χ1) is 14.5. The van der Waals surface area contributed by atoms with Crippen molar-refractivity contribution in [2.24, 2.45) is 0 Å². The third-order valence-electron chi connectivity index (χ3n) is 5.78. The van der Waals surface area contributed by atoms with Gasteiger partial charge in [-0.15, -0.1) is 0 Å². The Bertz CT molecular complexity index is 854. The molecule has 0 radical (unpaired) electrons. The van der Waals surface area contributed by atoms with E-state index >= 15 is 0 Å². The number of halogens is 3. The second-order valence-electron chi connectivity index (χ2n) is 10.0. The van der Waals surface area contributed by atoms with Crippen molar-refractivity contribution in [2.45, 2.75) is 77.5 Å². The highest BCUT2D eigenvalue weighted by Crippen LogP contribution is 2.38. The molecule has 0 spiro atoms. The SMILES string of the molecule is CC(C)(C)OC(=O)N1CCOC(c2ccc(B3OC(C)(C)C(C)(C)O3)nc2C(F)(F)F)C1. The molecule has 2 aliphatic heterocycles. The molecule has 32 heavy (non-hydrogen) atoms. The monoisotopic (exact) mass is 458 g/mol. The van der Waals surface area contributed by atoms with Crippen LogP contribution in [0.3, 0.4) is 0 Å². The van der Waals surface area contributed by atoms with Crippen molar-refractivity contribution in [3.05, 3.63) is 23.4 Å². The fraction of sp³-hybridized carbons (Fsp3) is 0.714. The van der Waals surface area contributed by atoms with Crippen LogP contribution in [0.1, 0.15) is 65.8 Å². The number of hydrogen-bond acceptors (Lipinski definition) is 6. The Morgan fingerprint density at radius 2 is 1.75 bits per heavy atom. The lowest BCUT2D eigenvalue weighted by molar-refractivity contribution is -0.143. The number of amides is 1. The van der Waals surface area contributed by atoms with Crippen molar-refractivity contribution in [2.75, 3.05) is 19.7 Å². The topological polar surface area (TPSA) is 70.1 Å². The summed E-state index contributed by atoms with van der Waals surface area (Å²) in [5.41, 5.74) is -3.34. The molecule has 0 N–H and O–H groups in total. The summed E-state index contributed by atoms with van der Waals surface area (Å²) in [4.78, 5) is 17.6. The minimum atomic E-state index is -4.73. The summed E-state index contributed by atoms with van der Waals surface area (Å²) >= 11 is 0. The molecule has 0 bridgehead atoms. The number of pyridine rings is 1. The Morgan fingerprint density at radius 3 is 2.28 bits per heavy atom. The summed E-state index contributed by atoms with van der Waals surface area (Å²) in [5, 5.41) is 0. The number of nitrogens with zero attached hydrogens (tertiary/aromatic N) is 2. The van der Waals surface area contributed by atoms with Crippen molar-refractivity contribution in [3.63, 3.8) is 0 Å². The number of hydrogen-bond donors (Lipinski definition) is 0. The number of rotatable bonds is 2. The van der Waals surface area contributed by atoms with Gasteiger partial charge in [-0.2, -0.15) is 13.2 Å². The van der Waals surface area contributed by atoms with E-state index in [1.807, 2.05) is 27.7 Å². The maximum Gasteiger partial charge on any atom is 0.514 e. The largest absolute Gasteiger partial charge is 0.514 e. The van der Waals surface area contributed by atoms with Crippen LogP contribution >= 0.6 is 0 Å². The smallest absolute Gasteiger partial charge is 0.444 e. The highest BCUT2D eigenvalue weighted by molar-refractivity contribution is 6.61. The molecule has 178 valence electrons. The number of alkyl halides is 3. The summed E-state index contributed by atoms with van der Waals surface area (Å²) < 4.78 is 64.5. The minimum absolute atomic E-state index is 0.0273. The number of carbonyl (C=O) groups is 1. The zero-order valence-corrected chi connectivity index (χ0v) is 19.5. The quantitative estimate of drug-likeness (QED) is 0.630. The number of morpholine rings is 1. The summed E-state index contributed by atoms with van der Waals surface area (Å²) in [6.07, 6.45) is -6.32. The summed E-state index contributed by atoms with van der Waals surface area (Å²) in [7, 11) is -1.03. The van der Waals surface area contributed by atoms with Gasteiger partial charge in [-0.3, -0.25) is 4.98 Å². The van der Waals surface area contributed by atoms with Crippen LogP contribution in [0.5, 0.6) is 0 Å². The molecule has 0 aliphatic carbocycles. The van der Waals surface area contributed by atoms with Crippen LogP contribution < -0.4 is 5.59 Å². The van der Waals surface area contributed by atoms with E-state index < -0.39 is 48.0 Å². The molecule has 1 aromatic heterocycles. The molecule has 0 saturated carbocycles. The summed E-state index contributed by atoms with van der Waals surface area (Å²) in [6, 6.07) is 2.77. The molecule has 2 fully saturated rings. The first kappa shape index (κ1) is 24.8. The minimum Gasteiger partial charge on any atom is -0.444 e. The van der Waals surface area contributed by atoms with Gasteiger partial charge in [-0.25, -0.2) is 4.79 Å². The second kappa shape index (κ2) is 8.18. The Labute approximate surface area is 186 Å². The normalized spacial score (nSPS) is 23.4. The van der Waals surface area contributed by atoms with Gasteiger partial charge in [-0.1, -0.05) is 6.07 Å². The molecule has 1 aromatic rings. The van der Waals surface area contributed by atoms with E-state index in [4.69, 9.17) is 18.8 Å². The molecule has 0 aromatic carbocycles. The van der Waals surface area contributed by atoms with E-state index in [0.717, 1.165) is 0 Å². The van der Waals surface area contributed by atoms with Crippen LogP contribution in [-0.2, 0) is 25.0 Å². The van der Waals surface area contributed by atoms with E-state index in [2.05, 4.69) is 4.98 Å². The average Bonchev–Trinajstić information content (AvgIpc) is 2.86. The zero-order chi connectivity index (χ0) is 24.1. The molecule has 11 heteroatoms. The van der Waals surface area contributed by atoms with Gasteiger partial charge in [0.15, 0.2) is 0 Å². The Morgan fingerprint density at radius 1 is 1.16 bits per heavy atom. The highest BCUT2D eigenvalue weighted by atomic mass is 19.4. The molecule has 7 nitrogen and oxygen atoms in total. The van der Waals surface area contributed by atoms with Gasteiger partial charge in [-0.05, 0) is 54.5 Å². The van der Waals surface area contributed by atoms with E-state index in [1.165, 1.54) is 17.0 Å². The number of carbonyl (C=O) groups excluding carboxylic acids is 1. The molecule has 2 saturated heterocycles. The first-order valence-corrected chi connectivity index (χ1v) is 10.5. The lowest BCUT2D eigenvalue weighted by Crippen LogP contribution is -2.45. The molecule has 1 atom stereocenters. The third-order valence-corrected chi connectivity index (χ3v) is 5.78. The van der Waals surface area contributed by atoms with Gasteiger partial charge in [0.25, 0.3) is 0 Å². The maximum atomic E-state index is 13.9. The van der Waals surface area contributed by atoms with Crippen molar-refractivity contribution < 1.29 is 36.7 Å². The van der Waals surface area contributed by atoms with Gasteiger partial charge in [0.1, 0.15) is 17.4 Å². The van der Waals surface area contributed by atoms with E-state index in [0.29, 0.717) is 0 Å². The van der Waals surface area contributed by atoms with Crippen LogP contribution in [0.15, 0.2) is 12.1 Å². The lowest BCUT2D eigenvalue weighted by Gasteiger charge is -2.35. The summed E-state index contributed by atoms with van der Waals surface area (Å²) in [5.74, 6) is 0. The Hall–Kier alpha value is -1.85. The molecule has 1 unspecified atom stereocenters. The van der Waals surface area contributed by atoms with Gasteiger partial charge >= 0.3 is 19.4 Å². The molecule has 1 amide bonds. The number of ether oxygens (including phenoxy) is 2. The van der Waals surface area contributed by atoms with Crippen LogP contribution in [-0.4, -0.2) is 59.6 Å². The number of aromatic nitrogens is 1. The van der Waals surface area contributed by atoms with E-state index in [9.17, 15) is 18.0 Å². The predicted molar refractivity (Wildman–Crippen MR) is 111 cm³/mol. The van der Waals surface area contributed by atoms with Crippen molar-refractivity contribution in [1.82, 2.24) is 9.88 Å². The Balaban J connectivity index is 1.88. The Kier molecular flexibility index (Phi) is 6.34. The summed E-state index contributed by atoms with van der Waals surface area (Å²) in [6.45, 7) is 12.7. The molecular formula is C21H30BF3N2O5. The van der Waals surface area contributed by atoms with E-state index in [-0.39, 0.29) is 30.9 Å². The van der Waals surface area contributed by atoms with Crippen LogP contribution in [0, 0.1) is 0 Å². The molecule has 2 aliphatic rings. The van der Waals surface area contributed by atoms with Crippen molar-refractivity contribution in [1.29, 1.82) is 0 Å². The standard InChI is InChI=1S/C21H30BF3N2O5/c1-18(2,3)30-17(28)27-10-11-29-14(12-27)13-8-9-15(26-16(13)21(23,24)25)22-31-19(4,5)20(6,7)32-22/h8-9,14H,10-12H2,1-7H3. The van der Waals surface area contributed by atoms with E-state index in [1.54, 1.807) is 20.8 Å². The molecule has 3 heterocycles.